The number of likely N-dealkylation sites (N-methyl/N-ethyl adjacent to an activating group) is 1. The summed E-state index contributed by atoms with van der Waals surface area (Å²) in [5.41, 5.74) is 1.57. The SMILES string of the molecule is CCC(CC)(CNC(=NC)NCCCCN1CCN(C)CC1)c1ccccc1. The lowest BCUT2D eigenvalue weighted by Crippen LogP contribution is -2.46. The van der Waals surface area contributed by atoms with Gasteiger partial charge in [0.2, 0.25) is 0 Å². The Hall–Kier alpha value is -1.59. The maximum Gasteiger partial charge on any atom is 0.191 e. The molecular weight excluding hydrogens is 346 g/mol. The fraction of sp³-hybridized carbons (Fsp3) is 0.696. The van der Waals surface area contributed by atoms with Gasteiger partial charge in [0.05, 0.1) is 0 Å². The Kier molecular flexibility index (Phi) is 9.79. The van der Waals surface area contributed by atoms with E-state index in [9.17, 15) is 0 Å². The molecule has 0 radical (unpaired) electrons. The van der Waals surface area contributed by atoms with E-state index in [4.69, 9.17) is 0 Å². The number of hydrogen-bond acceptors (Lipinski definition) is 3. The van der Waals surface area contributed by atoms with E-state index in [-0.39, 0.29) is 5.41 Å². The van der Waals surface area contributed by atoms with Crippen LogP contribution in [0.3, 0.4) is 0 Å². The van der Waals surface area contributed by atoms with Crippen molar-refractivity contribution in [1.82, 2.24) is 20.4 Å². The van der Waals surface area contributed by atoms with Crippen LogP contribution < -0.4 is 10.6 Å². The molecule has 0 bridgehead atoms. The molecule has 1 saturated heterocycles. The lowest BCUT2D eigenvalue weighted by atomic mass is 9.76. The Morgan fingerprint density at radius 1 is 1.00 bits per heavy atom. The molecule has 0 aromatic heterocycles. The van der Waals surface area contributed by atoms with Crippen molar-refractivity contribution in [2.24, 2.45) is 4.99 Å². The van der Waals surface area contributed by atoms with Gasteiger partial charge in [-0.3, -0.25) is 4.99 Å². The van der Waals surface area contributed by atoms with Crippen molar-refractivity contribution in [3.05, 3.63) is 35.9 Å². The molecule has 0 spiro atoms. The number of hydrogen-bond donors (Lipinski definition) is 2. The Bertz CT molecular complexity index is 560. The molecule has 1 fully saturated rings. The quantitative estimate of drug-likeness (QED) is 0.368. The fourth-order valence-corrected chi connectivity index (χ4v) is 4.01. The molecule has 5 heteroatoms. The zero-order chi connectivity index (χ0) is 20.2. The van der Waals surface area contributed by atoms with Crippen LogP contribution in [-0.4, -0.2) is 75.7 Å². The third-order valence-corrected chi connectivity index (χ3v) is 6.35. The summed E-state index contributed by atoms with van der Waals surface area (Å²) in [6.45, 7) is 12.5. The number of piperazine rings is 1. The van der Waals surface area contributed by atoms with Crippen molar-refractivity contribution >= 4 is 5.96 Å². The van der Waals surface area contributed by atoms with Gasteiger partial charge in [0.25, 0.3) is 0 Å². The number of unbranched alkanes of at least 4 members (excludes halogenated alkanes) is 1. The second-order valence-electron chi connectivity index (χ2n) is 8.06. The first kappa shape index (κ1) is 22.7. The molecule has 0 saturated carbocycles. The normalized spacial score (nSPS) is 16.9. The van der Waals surface area contributed by atoms with Crippen molar-refractivity contribution in [1.29, 1.82) is 0 Å². The highest BCUT2D eigenvalue weighted by Crippen LogP contribution is 2.30. The highest BCUT2D eigenvalue weighted by atomic mass is 15.2. The van der Waals surface area contributed by atoms with Crippen LogP contribution in [0.2, 0.25) is 0 Å². The Morgan fingerprint density at radius 2 is 1.68 bits per heavy atom. The van der Waals surface area contributed by atoms with E-state index in [2.05, 4.69) is 76.7 Å². The van der Waals surface area contributed by atoms with E-state index in [1.165, 1.54) is 51.1 Å². The summed E-state index contributed by atoms with van der Waals surface area (Å²) in [6.07, 6.45) is 4.65. The fourth-order valence-electron chi connectivity index (χ4n) is 4.01. The first-order valence-corrected chi connectivity index (χ1v) is 11.0. The van der Waals surface area contributed by atoms with Crippen molar-refractivity contribution in [3.8, 4) is 0 Å². The molecule has 2 N–H and O–H groups in total. The molecule has 1 aromatic carbocycles. The third kappa shape index (κ3) is 6.78. The maximum absolute atomic E-state index is 4.43. The average Bonchev–Trinajstić information content (AvgIpc) is 2.75. The summed E-state index contributed by atoms with van der Waals surface area (Å²) in [5, 5.41) is 7.08. The minimum absolute atomic E-state index is 0.153. The zero-order valence-electron chi connectivity index (χ0n) is 18.5. The average molecular weight is 388 g/mol. The molecule has 28 heavy (non-hydrogen) atoms. The van der Waals surface area contributed by atoms with E-state index >= 15 is 0 Å². The van der Waals surface area contributed by atoms with Crippen LogP contribution in [0.1, 0.15) is 45.1 Å². The maximum atomic E-state index is 4.43. The van der Waals surface area contributed by atoms with Crippen molar-refractivity contribution in [2.45, 2.75) is 44.9 Å². The smallest absolute Gasteiger partial charge is 0.191 e. The highest BCUT2D eigenvalue weighted by Gasteiger charge is 2.28. The van der Waals surface area contributed by atoms with Crippen LogP contribution in [-0.2, 0) is 5.41 Å². The predicted octanol–water partition coefficient (Wildman–Crippen LogP) is 2.94. The van der Waals surface area contributed by atoms with Gasteiger partial charge >= 0.3 is 0 Å². The molecule has 1 aromatic rings. The first-order valence-electron chi connectivity index (χ1n) is 11.0. The largest absolute Gasteiger partial charge is 0.356 e. The second kappa shape index (κ2) is 12.1. The van der Waals surface area contributed by atoms with Gasteiger partial charge in [-0.1, -0.05) is 44.2 Å². The van der Waals surface area contributed by atoms with Gasteiger partial charge in [0, 0.05) is 51.7 Å². The number of aliphatic imine (C=N–C) groups is 1. The molecule has 0 atom stereocenters. The standard InChI is InChI=1S/C23H41N5/c1-5-23(6-2,21-12-8-7-9-13-21)20-26-22(24-3)25-14-10-11-15-28-18-16-27(4)17-19-28/h7-9,12-13H,5-6,10-11,14-20H2,1-4H3,(H2,24,25,26). The minimum atomic E-state index is 0.153. The van der Waals surface area contributed by atoms with Crippen LogP contribution in [0.15, 0.2) is 35.3 Å². The Labute approximate surface area is 172 Å². The first-order chi connectivity index (χ1) is 13.6. The predicted molar refractivity (Wildman–Crippen MR) is 121 cm³/mol. The molecule has 1 aliphatic rings. The van der Waals surface area contributed by atoms with Crippen molar-refractivity contribution < 1.29 is 0 Å². The third-order valence-electron chi connectivity index (χ3n) is 6.35. The molecule has 0 aliphatic carbocycles. The molecule has 2 rings (SSSR count). The molecule has 0 amide bonds. The van der Waals surface area contributed by atoms with Crippen LogP contribution in [0.4, 0.5) is 0 Å². The lowest BCUT2D eigenvalue weighted by molar-refractivity contribution is 0.152. The summed E-state index contributed by atoms with van der Waals surface area (Å²) in [7, 11) is 4.07. The van der Waals surface area contributed by atoms with Gasteiger partial charge in [0.1, 0.15) is 0 Å². The number of nitrogens with zero attached hydrogens (tertiary/aromatic N) is 3. The van der Waals surface area contributed by atoms with Crippen LogP contribution in [0.25, 0.3) is 0 Å². The van der Waals surface area contributed by atoms with Gasteiger partial charge in [-0.2, -0.15) is 0 Å². The minimum Gasteiger partial charge on any atom is -0.356 e. The van der Waals surface area contributed by atoms with E-state index in [1.54, 1.807) is 0 Å². The molecule has 5 nitrogen and oxygen atoms in total. The van der Waals surface area contributed by atoms with Crippen LogP contribution in [0, 0.1) is 0 Å². The molecule has 158 valence electrons. The molecule has 1 aliphatic heterocycles. The van der Waals surface area contributed by atoms with Gasteiger partial charge in [-0.25, -0.2) is 0 Å². The van der Waals surface area contributed by atoms with Gasteiger partial charge in [-0.15, -0.1) is 0 Å². The lowest BCUT2D eigenvalue weighted by Gasteiger charge is -2.33. The second-order valence-corrected chi connectivity index (χ2v) is 8.06. The van der Waals surface area contributed by atoms with E-state index in [0.29, 0.717) is 0 Å². The van der Waals surface area contributed by atoms with Crippen molar-refractivity contribution in [3.63, 3.8) is 0 Å². The van der Waals surface area contributed by atoms with Crippen molar-refractivity contribution in [2.75, 3.05) is 59.9 Å². The Balaban J connectivity index is 1.71. The van der Waals surface area contributed by atoms with Gasteiger partial charge in [-0.05, 0) is 44.8 Å². The number of benzene rings is 1. The highest BCUT2D eigenvalue weighted by molar-refractivity contribution is 5.79. The van der Waals surface area contributed by atoms with Gasteiger partial charge < -0.3 is 20.4 Å². The van der Waals surface area contributed by atoms with Crippen LogP contribution >= 0.6 is 0 Å². The van der Waals surface area contributed by atoms with E-state index < -0.39 is 0 Å². The zero-order valence-corrected chi connectivity index (χ0v) is 18.5. The van der Waals surface area contributed by atoms with Gasteiger partial charge in [0.15, 0.2) is 5.96 Å². The number of nitrogens with one attached hydrogen (secondary N) is 2. The Morgan fingerprint density at radius 3 is 2.29 bits per heavy atom. The summed E-state index contributed by atoms with van der Waals surface area (Å²) in [5.74, 6) is 0.918. The van der Waals surface area contributed by atoms with Crippen LogP contribution in [0.5, 0.6) is 0 Å². The van der Waals surface area contributed by atoms with E-state index in [0.717, 1.165) is 31.9 Å². The summed E-state index contributed by atoms with van der Waals surface area (Å²) < 4.78 is 0. The number of guanidine groups is 1. The molecule has 0 unspecified atom stereocenters. The summed E-state index contributed by atoms with van der Waals surface area (Å²) >= 11 is 0. The summed E-state index contributed by atoms with van der Waals surface area (Å²) in [6, 6.07) is 10.9. The monoisotopic (exact) mass is 387 g/mol. The van der Waals surface area contributed by atoms with E-state index in [1.807, 2.05) is 7.05 Å². The topological polar surface area (TPSA) is 42.9 Å². The molecule has 1 heterocycles. The summed E-state index contributed by atoms with van der Waals surface area (Å²) in [4.78, 5) is 9.43. The number of rotatable bonds is 10. The molecular formula is C23H41N5.